The Kier molecular flexibility index (Phi) is 5.10. The van der Waals surface area contributed by atoms with Gasteiger partial charge >= 0.3 is 0 Å². The lowest BCUT2D eigenvalue weighted by molar-refractivity contribution is -0.115. The molecule has 2 aromatic carbocycles. The minimum absolute atomic E-state index is 0.0138. The zero-order chi connectivity index (χ0) is 15.1. The summed E-state index contributed by atoms with van der Waals surface area (Å²) in [5.74, 6) is -0.0473. The predicted molar refractivity (Wildman–Crippen MR) is 84.6 cm³/mol. The number of amides is 1. The zero-order valence-electron chi connectivity index (χ0n) is 11.9. The molecule has 4 nitrogen and oxygen atoms in total. The summed E-state index contributed by atoms with van der Waals surface area (Å²) >= 11 is 0. The van der Waals surface area contributed by atoms with E-state index in [-0.39, 0.29) is 11.7 Å². The second kappa shape index (κ2) is 7.24. The molecule has 0 aliphatic rings. The molecule has 0 saturated heterocycles. The third-order valence-electron chi connectivity index (χ3n) is 3.03. The van der Waals surface area contributed by atoms with Crippen LogP contribution in [0.3, 0.4) is 0 Å². The van der Waals surface area contributed by atoms with E-state index >= 15 is 0 Å². The standard InChI is InChI=1S/C17H18N2O2/c1-13(20)14-7-9-16(10-8-14)19-17(21)11-12-18-15-5-3-2-4-6-15/h2-10,18H,11-12H2,1H3,(H,19,21). The number of benzene rings is 2. The Morgan fingerprint density at radius 1 is 0.905 bits per heavy atom. The molecule has 21 heavy (non-hydrogen) atoms. The van der Waals surface area contributed by atoms with Gasteiger partial charge in [0.05, 0.1) is 0 Å². The van der Waals surface area contributed by atoms with E-state index in [1.54, 1.807) is 24.3 Å². The first-order valence-corrected chi connectivity index (χ1v) is 6.85. The molecule has 0 aromatic heterocycles. The quantitative estimate of drug-likeness (QED) is 0.799. The van der Waals surface area contributed by atoms with Crippen LogP contribution in [0.2, 0.25) is 0 Å². The molecule has 0 spiro atoms. The van der Waals surface area contributed by atoms with Crippen LogP contribution in [0.5, 0.6) is 0 Å². The number of ketones is 1. The van der Waals surface area contributed by atoms with E-state index in [0.29, 0.717) is 24.2 Å². The van der Waals surface area contributed by atoms with Crippen molar-refractivity contribution in [1.82, 2.24) is 0 Å². The number of nitrogens with one attached hydrogen (secondary N) is 2. The highest BCUT2D eigenvalue weighted by atomic mass is 16.1. The lowest BCUT2D eigenvalue weighted by Gasteiger charge is -2.07. The monoisotopic (exact) mass is 282 g/mol. The molecule has 0 unspecified atom stereocenters. The lowest BCUT2D eigenvalue weighted by atomic mass is 10.1. The number of hydrogen-bond donors (Lipinski definition) is 2. The molecule has 0 heterocycles. The van der Waals surface area contributed by atoms with Crippen molar-refractivity contribution in [3.63, 3.8) is 0 Å². The molecule has 2 aromatic rings. The minimum atomic E-state index is -0.0611. The summed E-state index contributed by atoms with van der Waals surface area (Å²) in [6, 6.07) is 16.6. The first-order chi connectivity index (χ1) is 10.1. The van der Waals surface area contributed by atoms with Crippen molar-refractivity contribution in [2.75, 3.05) is 17.2 Å². The highest BCUT2D eigenvalue weighted by molar-refractivity contribution is 5.95. The SMILES string of the molecule is CC(=O)c1ccc(NC(=O)CCNc2ccccc2)cc1. The van der Waals surface area contributed by atoms with Crippen molar-refractivity contribution >= 4 is 23.1 Å². The molecule has 0 bridgehead atoms. The molecule has 0 saturated carbocycles. The summed E-state index contributed by atoms with van der Waals surface area (Å²) in [5, 5.41) is 5.98. The van der Waals surface area contributed by atoms with E-state index in [1.807, 2.05) is 30.3 Å². The normalized spacial score (nSPS) is 9.95. The van der Waals surface area contributed by atoms with Gasteiger partial charge in [0.15, 0.2) is 5.78 Å². The van der Waals surface area contributed by atoms with Crippen molar-refractivity contribution in [3.8, 4) is 0 Å². The molecular weight excluding hydrogens is 264 g/mol. The van der Waals surface area contributed by atoms with Gasteiger partial charge in [-0.3, -0.25) is 9.59 Å². The van der Waals surface area contributed by atoms with Crippen LogP contribution in [-0.2, 0) is 4.79 Å². The van der Waals surface area contributed by atoms with Crippen LogP contribution in [0, 0.1) is 0 Å². The van der Waals surface area contributed by atoms with Crippen molar-refractivity contribution < 1.29 is 9.59 Å². The fourth-order valence-electron chi connectivity index (χ4n) is 1.89. The summed E-state index contributed by atoms with van der Waals surface area (Å²) in [5.41, 5.74) is 2.33. The van der Waals surface area contributed by atoms with Gasteiger partial charge < -0.3 is 10.6 Å². The van der Waals surface area contributed by atoms with Crippen LogP contribution < -0.4 is 10.6 Å². The summed E-state index contributed by atoms with van der Waals surface area (Å²) < 4.78 is 0. The molecule has 0 atom stereocenters. The van der Waals surface area contributed by atoms with E-state index in [4.69, 9.17) is 0 Å². The largest absolute Gasteiger partial charge is 0.385 e. The number of Topliss-reactive ketones (excluding diaryl/α,β-unsaturated/α-hetero) is 1. The van der Waals surface area contributed by atoms with Gasteiger partial charge in [-0.25, -0.2) is 0 Å². The smallest absolute Gasteiger partial charge is 0.226 e. The number of carbonyl (C=O) groups excluding carboxylic acids is 2. The van der Waals surface area contributed by atoms with Gasteiger partial charge in [-0.1, -0.05) is 18.2 Å². The first-order valence-electron chi connectivity index (χ1n) is 6.85. The van der Waals surface area contributed by atoms with E-state index in [2.05, 4.69) is 10.6 Å². The highest BCUT2D eigenvalue weighted by Gasteiger charge is 2.03. The van der Waals surface area contributed by atoms with Crippen LogP contribution >= 0.6 is 0 Å². The Morgan fingerprint density at radius 2 is 1.57 bits per heavy atom. The molecule has 0 radical (unpaired) electrons. The number of rotatable bonds is 6. The Balaban J connectivity index is 1.78. The zero-order valence-corrected chi connectivity index (χ0v) is 11.9. The summed E-state index contributed by atoms with van der Waals surface area (Å²) in [6.07, 6.45) is 0.378. The fourth-order valence-corrected chi connectivity index (χ4v) is 1.89. The van der Waals surface area contributed by atoms with E-state index < -0.39 is 0 Å². The van der Waals surface area contributed by atoms with Crippen molar-refractivity contribution in [2.24, 2.45) is 0 Å². The molecule has 4 heteroatoms. The maximum Gasteiger partial charge on any atom is 0.226 e. The molecule has 1 amide bonds. The van der Waals surface area contributed by atoms with Crippen LogP contribution in [0.15, 0.2) is 54.6 Å². The third kappa shape index (κ3) is 4.76. The average Bonchev–Trinajstić information content (AvgIpc) is 2.49. The summed E-state index contributed by atoms with van der Waals surface area (Å²) in [4.78, 5) is 23.0. The third-order valence-corrected chi connectivity index (χ3v) is 3.03. The molecule has 0 fully saturated rings. The van der Waals surface area contributed by atoms with E-state index in [9.17, 15) is 9.59 Å². The van der Waals surface area contributed by atoms with Gasteiger partial charge in [0.2, 0.25) is 5.91 Å². The van der Waals surface area contributed by atoms with Gasteiger partial charge in [0.1, 0.15) is 0 Å². The topological polar surface area (TPSA) is 58.2 Å². The average molecular weight is 282 g/mol. The van der Waals surface area contributed by atoms with E-state index in [0.717, 1.165) is 5.69 Å². The van der Waals surface area contributed by atoms with Gasteiger partial charge in [-0.15, -0.1) is 0 Å². The van der Waals surface area contributed by atoms with Gasteiger partial charge in [-0.2, -0.15) is 0 Å². The highest BCUT2D eigenvalue weighted by Crippen LogP contribution is 2.10. The first kappa shape index (κ1) is 14.8. The molecule has 108 valence electrons. The van der Waals surface area contributed by atoms with Crippen molar-refractivity contribution in [2.45, 2.75) is 13.3 Å². The maximum absolute atomic E-state index is 11.8. The lowest BCUT2D eigenvalue weighted by Crippen LogP contribution is -2.16. The van der Waals surface area contributed by atoms with Gasteiger partial charge in [0.25, 0.3) is 0 Å². The van der Waals surface area contributed by atoms with Crippen LogP contribution in [-0.4, -0.2) is 18.2 Å². The molecule has 0 aliphatic carbocycles. The van der Waals surface area contributed by atoms with Crippen molar-refractivity contribution in [3.05, 3.63) is 60.2 Å². The van der Waals surface area contributed by atoms with E-state index in [1.165, 1.54) is 6.92 Å². The Bertz CT molecular complexity index is 606. The van der Waals surface area contributed by atoms with Crippen LogP contribution in [0.25, 0.3) is 0 Å². The maximum atomic E-state index is 11.8. The fraction of sp³-hybridized carbons (Fsp3) is 0.176. The van der Waals surface area contributed by atoms with Crippen LogP contribution in [0.1, 0.15) is 23.7 Å². The number of anilines is 2. The second-order valence-electron chi connectivity index (χ2n) is 4.72. The van der Waals surface area contributed by atoms with Crippen LogP contribution in [0.4, 0.5) is 11.4 Å². The summed E-state index contributed by atoms with van der Waals surface area (Å²) in [7, 11) is 0. The number of para-hydroxylation sites is 1. The Morgan fingerprint density at radius 3 is 2.19 bits per heavy atom. The Hall–Kier alpha value is -2.62. The second-order valence-corrected chi connectivity index (χ2v) is 4.72. The molecule has 2 rings (SSSR count). The number of carbonyl (C=O) groups is 2. The summed E-state index contributed by atoms with van der Waals surface area (Å²) in [6.45, 7) is 2.09. The molecule has 2 N–H and O–H groups in total. The van der Waals surface area contributed by atoms with Gasteiger partial charge in [-0.05, 0) is 43.3 Å². The molecule has 0 aliphatic heterocycles. The van der Waals surface area contributed by atoms with Crippen molar-refractivity contribution in [1.29, 1.82) is 0 Å². The minimum Gasteiger partial charge on any atom is -0.385 e. The predicted octanol–water partition coefficient (Wildman–Crippen LogP) is 3.33. The molecular formula is C17H18N2O2. The Labute approximate surface area is 124 Å². The number of hydrogen-bond acceptors (Lipinski definition) is 3. The van der Waals surface area contributed by atoms with Gasteiger partial charge in [0, 0.05) is 29.9 Å².